The Morgan fingerprint density at radius 3 is 2.87 bits per heavy atom. The maximum atomic E-state index is 10.9. The molecule has 0 spiro atoms. The van der Waals surface area contributed by atoms with Crippen molar-refractivity contribution in [3.8, 4) is 11.5 Å². The van der Waals surface area contributed by atoms with Crippen LogP contribution < -0.4 is 9.47 Å². The Morgan fingerprint density at radius 2 is 2.17 bits per heavy atom. The van der Waals surface area contributed by atoms with Crippen LogP contribution in [0.5, 0.6) is 11.5 Å². The number of methoxy groups -OCH3 is 2. The van der Waals surface area contributed by atoms with E-state index < -0.39 is 62.2 Å². The van der Waals surface area contributed by atoms with Crippen LogP contribution in [0.3, 0.4) is 0 Å². The van der Waals surface area contributed by atoms with Gasteiger partial charge in [0.05, 0.1) is 32.5 Å². The van der Waals surface area contributed by atoms with Crippen LogP contribution in [-0.2, 0) is 6.42 Å². The lowest BCUT2D eigenvalue weighted by molar-refractivity contribution is -0.0191. The molecule has 3 rings (SSSR count). The quantitative estimate of drug-likeness (QED) is 0.921. The topological polar surface area (TPSA) is 41.9 Å². The molecule has 3 unspecified atom stereocenters. The Kier molecular flexibility index (Phi) is 2.26. The first-order chi connectivity index (χ1) is 15.3. The van der Waals surface area contributed by atoms with Crippen LogP contribution in [0.4, 0.5) is 0 Å². The van der Waals surface area contributed by atoms with Crippen molar-refractivity contribution in [2.45, 2.75) is 45.2 Å². The summed E-state index contributed by atoms with van der Waals surface area (Å²) in [6, 6.07) is -3.22. The number of hydrogen-bond acceptors (Lipinski definition) is 4. The maximum absolute atomic E-state index is 10.9. The molecule has 2 heterocycles. The second-order valence-corrected chi connectivity index (χ2v) is 6.45. The first kappa shape index (κ1) is 7.75. The molecule has 3 atom stereocenters. The van der Waals surface area contributed by atoms with Crippen LogP contribution in [0, 0.1) is 11.8 Å². The van der Waals surface area contributed by atoms with Crippen molar-refractivity contribution in [1.29, 1.82) is 0 Å². The zero-order valence-corrected chi connectivity index (χ0v) is 13.3. The molecule has 1 saturated heterocycles. The molecule has 2 aliphatic heterocycles. The molecule has 0 aliphatic carbocycles. The second-order valence-electron chi connectivity index (χ2n) is 6.45. The van der Waals surface area contributed by atoms with Gasteiger partial charge in [0.25, 0.3) is 0 Å². The van der Waals surface area contributed by atoms with Gasteiger partial charge in [-0.2, -0.15) is 0 Å². The van der Waals surface area contributed by atoms with E-state index in [1.807, 2.05) is 13.8 Å². The van der Waals surface area contributed by atoms with Gasteiger partial charge in [-0.1, -0.05) is 13.8 Å². The molecule has 0 radical (unpaired) electrons. The number of nitrogens with zero attached hydrogens (tertiary/aromatic N) is 1. The highest BCUT2D eigenvalue weighted by atomic mass is 16.5. The number of piperidine rings is 1. The van der Waals surface area contributed by atoms with E-state index in [-0.39, 0.29) is 36.4 Å². The van der Waals surface area contributed by atoms with Gasteiger partial charge in [-0.3, -0.25) is 4.90 Å². The largest absolute Gasteiger partial charge is 0.493 e. The van der Waals surface area contributed by atoms with Gasteiger partial charge < -0.3 is 14.6 Å². The molecule has 1 aromatic carbocycles. The van der Waals surface area contributed by atoms with Gasteiger partial charge in [0, 0.05) is 21.8 Å². The number of hydrogen-bond donors (Lipinski definition) is 1. The van der Waals surface area contributed by atoms with Gasteiger partial charge >= 0.3 is 0 Å². The van der Waals surface area contributed by atoms with Gasteiger partial charge in [-0.05, 0) is 54.3 Å². The normalized spacial score (nSPS) is 41.0. The highest BCUT2D eigenvalue weighted by Crippen LogP contribution is 2.43. The van der Waals surface area contributed by atoms with Crippen molar-refractivity contribution in [1.82, 2.24) is 4.90 Å². The summed E-state index contributed by atoms with van der Waals surface area (Å²) < 4.78 is 98.2. The minimum atomic E-state index is -3.12. The van der Waals surface area contributed by atoms with Gasteiger partial charge in [0.1, 0.15) is 0 Å². The highest BCUT2D eigenvalue weighted by Gasteiger charge is 2.38. The zero-order chi connectivity index (χ0) is 26.0. The summed E-state index contributed by atoms with van der Waals surface area (Å²) in [6.45, 7) is 1.64. The Balaban J connectivity index is 2.25. The molecule has 0 aromatic heterocycles. The molecule has 4 nitrogen and oxygen atoms in total. The number of aliphatic hydroxyl groups is 1. The van der Waals surface area contributed by atoms with E-state index in [0.29, 0.717) is 6.42 Å². The van der Waals surface area contributed by atoms with E-state index in [1.54, 1.807) is 0 Å². The number of benzene rings is 1. The molecule has 1 N–H and O–H groups in total. The fourth-order valence-corrected chi connectivity index (χ4v) is 3.27. The van der Waals surface area contributed by atoms with Crippen LogP contribution in [0.2, 0.25) is 0 Å². The number of rotatable bonds is 4. The molecule has 0 saturated carbocycles. The average molecular weight is 331 g/mol. The summed E-state index contributed by atoms with van der Waals surface area (Å²) in [6.07, 6.45) is -1.16. The summed E-state index contributed by atoms with van der Waals surface area (Å²) in [7, 11) is -6.18. The lowest BCUT2D eigenvalue weighted by atomic mass is 9.79. The SMILES string of the molecule is [2H]c1c2c(c([2H])c(OC([2H])([2H])[2H])c1OC([2H])([2H])[2H])C1([2H])CC(O)C(CC(C)C)C([2H])([2H])N1CC2. The molecular weight excluding hydrogens is 290 g/mol. The Morgan fingerprint density at radius 1 is 1.43 bits per heavy atom. The van der Waals surface area contributed by atoms with Gasteiger partial charge in [0.15, 0.2) is 11.5 Å². The third kappa shape index (κ3) is 3.20. The van der Waals surface area contributed by atoms with Gasteiger partial charge in [-0.15, -0.1) is 0 Å². The summed E-state index contributed by atoms with van der Waals surface area (Å²) in [4.78, 5) is 1.24. The van der Waals surface area contributed by atoms with Crippen LogP contribution in [-0.4, -0.2) is 43.2 Å². The molecule has 23 heavy (non-hydrogen) atoms. The van der Waals surface area contributed by atoms with E-state index in [2.05, 4.69) is 0 Å². The van der Waals surface area contributed by atoms with Crippen LogP contribution in [0.15, 0.2) is 12.1 Å². The standard InChI is InChI=1S/C19H29NO3/c1-12(2)7-14-11-20-6-5-13-8-18(22-3)19(23-4)9-15(13)16(20)10-17(14)21/h8-9,12,14,16-17,21H,5-7,10-11H2,1-4H3/i3D3,4D3,8D,9D,11D2,16D. The first-order valence-electron chi connectivity index (χ1n) is 13.3. The summed E-state index contributed by atoms with van der Waals surface area (Å²) in [5.41, 5.74) is -0.120. The molecule has 0 amide bonds. The fraction of sp³-hybridized carbons (Fsp3) is 0.684. The molecule has 4 heteroatoms. The molecule has 1 fully saturated rings. The molecule has 2 aliphatic rings. The molecular formula is C19H29NO3. The molecule has 0 bridgehead atoms. The van der Waals surface area contributed by atoms with Crippen LogP contribution in [0.1, 0.15) is 58.9 Å². The summed E-state index contributed by atoms with van der Waals surface area (Å²) >= 11 is 0. The third-order valence-electron chi connectivity index (χ3n) is 4.33. The molecule has 128 valence electrons. The van der Waals surface area contributed by atoms with Crippen LogP contribution in [0.25, 0.3) is 0 Å². The zero-order valence-electron chi connectivity index (χ0n) is 24.3. The highest BCUT2D eigenvalue weighted by molar-refractivity contribution is 5.49. The minimum absolute atomic E-state index is 0.00388. The fourth-order valence-electron chi connectivity index (χ4n) is 3.27. The van der Waals surface area contributed by atoms with Crippen molar-refractivity contribution in [3.05, 3.63) is 23.2 Å². The first-order valence-corrected chi connectivity index (χ1v) is 7.80. The second kappa shape index (κ2) is 6.70. The van der Waals surface area contributed by atoms with E-state index >= 15 is 0 Å². The van der Waals surface area contributed by atoms with Crippen molar-refractivity contribution < 1.29 is 29.7 Å². The Bertz CT molecular complexity index is 947. The predicted octanol–water partition coefficient (Wildman–Crippen LogP) is 3.03. The minimum Gasteiger partial charge on any atom is -0.493 e. The van der Waals surface area contributed by atoms with E-state index in [4.69, 9.17) is 23.2 Å². The van der Waals surface area contributed by atoms with Crippen molar-refractivity contribution >= 4 is 0 Å². The summed E-state index contributed by atoms with van der Waals surface area (Å²) in [5.74, 6) is -2.29. The number of fused-ring (bicyclic) bond motifs is 3. The number of ether oxygens (including phenoxy) is 2. The van der Waals surface area contributed by atoms with Crippen molar-refractivity contribution in [2.75, 3.05) is 27.1 Å². The van der Waals surface area contributed by atoms with Crippen molar-refractivity contribution in [3.63, 3.8) is 0 Å². The Hall–Kier alpha value is -1.26. The van der Waals surface area contributed by atoms with Gasteiger partial charge in [-0.25, -0.2) is 0 Å². The third-order valence-corrected chi connectivity index (χ3v) is 4.33. The smallest absolute Gasteiger partial charge is 0.161 e. The van der Waals surface area contributed by atoms with Gasteiger partial charge in [0.2, 0.25) is 0 Å². The predicted molar refractivity (Wildman–Crippen MR) is 91.1 cm³/mol. The van der Waals surface area contributed by atoms with E-state index in [9.17, 15) is 6.48 Å². The lowest BCUT2D eigenvalue weighted by Crippen LogP contribution is -2.48. The number of aliphatic hydroxyl groups excluding tert-OH is 1. The Labute approximate surface area is 154 Å². The van der Waals surface area contributed by atoms with E-state index in [0.717, 1.165) is 0 Å². The van der Waals surface area contributed by atoms with Crippen LogP contribution >= 0.6 is 0 Å². The maximum Gasteiger partial charge on any atom is 0.161 e. The summed E-state index contributed by atoms with van der Waals surface area (Å²) in [5, 5.41) is 10.9. The van der Waals surface area contributed by atoms with E-state index in [1.165, 1.54) is 4.90 Å². The lowest BCUT2D eigenvalue weighted by Gasteiger charge is -2.46. The monoisotopic (exact) mass is 330 g/mol. The van der Waals surface area contributed by atoms with Crippen molar-refractivity contribution in [2.24, 2.45) is 11.8 Å². The molecule has 1 aromatic rings. The average Bonchev–Trinajstić information content (AvgIpc) is 2.63.